The number of carbonyl (C=O) groups is 1. The Bertz CT molecular complexity index is 188. The van der Waals surface area contributed by atoms with E-state index in [-0.39, 0.29) is 5.91 Å². The van der Waals surface area contributed by atoms with Crippen molar-refractivity contribution >= 4 is 5.91 Å². The van der Waals surface area contributed by atoms with Gasteiger partial charge in [-0.2, -0.15) is 0 Å². The van der Waals surface area contributed by atoms with E-state index in [0.29, 0.717) is 6.54 Å². The molecule has 2 rings (SSSR count). The quantitative estimate of drug-likeness (QED) is 0.754. The molecule has 0 radical (unpaired) electrons. The lowest BCUT2D eigenvalue weighted by Crippen LogP contribution is -2.49. The van der Waals surface area contributed by atoms with Gasteiger partial charge in [-0.05, 0) is 18.8 Å². The van der Waals surface area contributed by atoms with Crippen molar-refractivity contribution in [1.82, 2.24) is 10.2 Å². The third-order valence-electron chi connectivity index (χ3n) is 3.14. The monoisotopic (exact) mass is 212 g/mol. The van der Waals surface area contributed by atoms with E-state index in [4.69, 9.17) is 0 Å². The molecule has 0 atom stereocenters. The SMILES string of the molecule is CC.O=C1CNCCN1CC1CCCC1. The second kappa shape index (κ2) is 6.83. The van der Waals surface area contributed by atoms with Crippen LogP contribution < -0.4 is 5.32 Å². The molecule has 88 valence electrons. The summed E-state index contributed by atoms with van der Waals surface area (Å²) in [5.41, 5.74) is 0. The third kappa shape index (κ3) is 3.82. The molecular formula is C12H24N2O. The largest absolute Gasteiger partial charge is 0.340 e. The fourth-order valence-electron chi connectivity index (χ4n) is 2.34. The molecule has 1 heterocycles. The molecule has 3 heteroatoms. The van der Waals surface area contributed by atoms with Gasteiger partial charge >= 0.3 is 0 Å². The van der Waals surface area contributed by atoms with Gasteiger partial charge in [0.1, 0.15) is 0 Å². The molecule has 0 unspecified atom stereocenters. The molecule has 1 saturated carbocycles. The molecule has 2 fully saturated rings. The van der Waals surface area contributed by atoms with Crippen molar-refractivity contribution < 1.29 is 4.79 Å². The number of carbonyl (C=O) groups excluding carboxylic acids is 1. The van der Waals surface area contributed by atoms with Crippen LogP contribution in [-0.4, -0.2) is 37.0 Å². The molecular weight excluding hydrogens is 188 g/mol. The van der Waals surface area contributed by atoms with Crippen LogP contribution in [0.2, 0.25) is 0 Å². The highest BCUT2D eigenvalue weighted by Gasteiger charge is 2.23. The number of hydrogen-bond donors (Lipinski definition) is 1. The summed E-state index contributed by atoms with van der Waals surface area (Å²) in [6.07, 6.45) is 5.39. The summed E-state index contributed by atoms with van der Waals surface area (Å²) in [5.74, 6) is 1.08. The lowest BCUT2D eigenvalue weighted by Gasteiger charge is -2.29. The van der Waals surface area contributed by atoms with E-state index < -0.39 is 0 Å². The number of nitrogens with one attached hydrogen (secondary N) is 1. The van der Waals surface area contributed by atoms with Crippen LogP contribution in [0, 0.1) is 5.92 Å². The van der Waals surface area contributed by atoms with Crippen molar-refractivity contribution in [3.8, 4) is 0 Å². The lowest BCUT2D eigenvalue weighted by molar-refractivity contribution is -0.132. The van der Waals surface area contributed by atoms with E-state index in [0.717, 1.165) is 25.6 Å². The van der Waals surface area contributed by atoms with Crippen molar-refractivity contribution in [2.24, 2.45) is 5.92 Å². The van der Waals surface area contributed by atoms with Crippen LogP contribution >= 0.6 is 0 Å². The van der Waals surface area contributed by atoms with Crippen LogP contribution in [0.5, 0.6) is 0 Å². The van der Waals surface area contributed by atoms with Gasteiger partial charge in [-0.15, -0.1) is 0 Å². The summed E-state index contributed by atoms with van der Waals surface area (Å²) >= 11 is 0. The van der Waals surface area contributed by atoms with Crippen molar-refractivity contribution in [3.05, 3.63) is 0 Å². The molecule has 0 bridgehead atoms. The fraction of sp³-hybridized carbons (Fsp3) is 0.917. The Balaban J connectivity index is 0.000000531. The van der Waals surface area contributed by atoms with Gasteiger partial charge in [-0.1, -0.05) is 26.7 Å². The molecule has 0 aromatic carbocycles. The maximum Gasteiger partial charge on any atom is 0.236 e. The van der Waals surface area contributed by atoms with Crippen LogP contribution in [0.25, 0.3) is 0 Å². The van der Waals surface area contributed by atoms with Gasteiger partial charge < -0.3 is 10.2 Å². The van der Waals surface area contributed by atoms with Crippen molar-refractivity contribution in [2.75, 3.05) is 26.2 Å². The summed E-state index contributed by atoms with van der Waals surface area (Å²) in [4.78, 5) is 13.5. The van der Waals surface area contributed by atoms with Gasteiger partial charge in [0.2, 0.25) is 5.91 Å². The van der Waals surface area contributed by atoms with E-state index in [9.17, 15) is 4.79 Å². The van der Waals surface area contributed by atoms with Crippen molar-refractivity contribution in [1.29, 1.82) is 0 Å². The number of piperazine rings is 1. The van der Waals surface area contributed by atoms with Gasteiger partial charge in [0.15, 0.2) is 0 Å². The molecule has 0 aromatic heterocycles. The third-order valence-corrected chi connectivity index (χ3v) is 3.14. The number of amides is 1. The Hall–Kier alpha value is -0.570. The standard InChI is InChI=1S/C10H18N2O.C2H6/c13-10-7-11-5-6-12(10)8-9-3-1-2-4-9;1-2/h9,11H,1-8H2;1-2H3. The normalized spacial score (nSPS) is 22.5. The highest BCUT2D eigenvalue weighted by Crippen LogP contribution is 2.25. The fourth-order valence-corrected chi connectivity index (χ4v) is 2.34. The number of nitrogens with zero attached hydrogens (tertiary/aromatic N) is 1. The zero-order chi connectivity index (χ0) is 11.1. The van der Waals surface area contributed by atoms with Gasteiger partial charge in [0.25, 0.3) is 0 Å². The van der Waals surface area contributed by atoms with Crippen LogP contribution in [0.1, 0.15) is 39.5 Å². The molecule has 3 nitrogen and oxygen atoms in total. The highest BCUT2D eigenvalue weighted by molar-refractivity contribution is 5.78. The molecule has 1 N–H and O–H groups in total. The van der Waals surface area contributed by atoms with Crippen LogP contribution in [0.3, 0.4) is 0 Å². The highest BCUT2D eigenvalue weighted by atomic mass is 16.2. The van der Waals surface area contributed by atoms with E-state index in [2.05, 4.69) is 5.32 Å². The first kappa shape index (κ1) is 12.5. The average molecular weight is 212 g/mol. The minimum Gasteiger partial charge on any atom is -0.340 e. The Morgan fingerprint density at radius 1 is 1.33 bits per heavy atom. The molecule has 2 aliphatic rings. The topological polar surface area (TPSA) is 32.3 Å². The molecule has 1 saturated heterocycles. The Morgan fingerprint density at radius 2 is 2.00 bits per heavy atom. The van der Waals surface area contributed by atoms with Crippen LogP contribution in [0.15, 0.2) is 0 Å². The van der Waals surface area contributed by atoms with Gasteiger partial charge in [0.05, 0.1) is 6.54 Å². The lowest BCUT2D eigenvalue weighted by atomic mass is 10.1. The second-order valence-electron chi connectivity index (χ2n) is 4.17. The first-order valence-corrected chi connectivity index (χ1v) is 6.35. The molecule has 1 amide bonds. The van der Waals surface area contributed by atoms with Gasteiger partial charge in [-0.25, -0.2) is 0 Å². The van der Waals surface area contributed by atoms with Crippen LogP contribution in [-0.2, 0) is 4.79 Å². The Kier molecular flexibility index (Phi) is 5.69. The van der Waals surface area contributed by atoms with E-state index in [1.54, 1.807) is 0 Å². The van der Waals surface area contributed by atoms with E-state index >= 15 is 0 Å². The average Bonchev–Trinajstić information content (AvgIpc) is 2.77. The molecule has 1 aliphatic carbocycles. The summed E-state index contributed by atoms with van der Waals surface area (Å²) in [6, 6.07) is 0. The first-order chi connectivity index (χ1) is 7.36. The number of hydrogen-bond acceptors (Lipinski definition) is 2. The predicted octanol–water partition coefficient (Wildman–Crippen LogP) is 1.63. The van der Waals surface area contributed by atoms with Gasteiger partial charge in [0, 0.05) is 19.6 Å². The molecule has 1 aliphatic heterocycles. The smallest absolute Gasteiger partial charge is 0.236 e. The van der Waals surface area contributed by atoms with E-state index in [1.165, 1.54) is 25.7 Å². The number of rotatable bonds is 2. The molecule has 0 aromatic rings. The van der Waals surface area contributed by atoms with Crippen LogP contribution in [0.4, 0.5) is 0 Å². The second-order valence-corrected chi connectivity index (χ2v) is 4.17. The summed E-state index contributed by atoms with van der Waals surface area (Å²) in [7, 11) is 0. The Morgan fingerprint density at radius 3 is 2.60 bits per heavy atom. The minimum atomic E-state index is 0.290. The summed E-state index contributed by atoms with van der Waals surface area (Å²) in [5, 5.41) is 3.10. The summed E-state index contributed by atoms with van der Waals surface area (Å²) < 4.78 is 0. The molecule has 0 spiro atoms. The summed E-state index contributed by atoms with van der Waals surface area (Å²) in [6.45, 7) is 7.45. The van der Waals surface area contributed by atoms with E-state index in [1.807, 2.05) is 18.7 Å². The maximum absolute atomic E-state index is 11.4. The van der Waals surface area contributed by atoms with Crippen molar-refractivity contribution in [2.45, 2.75) is 39.5 Å². The van der Waals surface area contributed by atoms with Gasteiger partial charge in [-0.3, -0.25) is 4.79 Å². The molecule has 15 heavy (non-hydrogen) atoms. The first-order valence-electron chi connectivity index (χ1n) is 6.35. The predicted molar refractivity (Wildman–Crippen MR) is 62.8 cm³/mol. The zero-order valence-corrected chi connectivity index (χ0v) is 10.1. The minimum absolute atomic E-state index is 0.290. The maximum atomic E-state index is 11.4. The Labute approximate surface area is 93.2 Å². The van der Waals surface area contributed by atoms with Crippen molar-refractivity contribution in [3.63, 3.8) is 0 Å². The zero-order valence-electron chi connectivity index (χ0n) is 10.1.